The van der Waals surface area contributed by atoms with Gasteiger partial charge in [-0.3, -0.25) is 9.59 Å². The normalized spacial score (nSPS) is 16.0. The number of hydrogen-bond acceptors (Lipinski definition) is 2. The van der Waals surface area contributed by atoms with E-state index in [2.05, 4.69) is 0 Å². The quantitative estimate of drug-likeness (QED) is 0.575. The van der Waals surface area contributed by atoms with Gasteiger partial charge in [-0.05, 0) is 12.8 Å². The first-order valence-electron chi connectivity index (χ1n) is 3.67. The molecule has 0 aromatic heterocycles. The molecule has 0 atom stereocenters. The minimum absolute atomic E-state index is 0.0508. The van der Waals surface area contributed by atoms with Crippen LogP contribution in [0.15, 0.2) is 0 Å². The van der Waals surface area contributed by atoms with Crippen LogP contribution in [0, 0.1) is 0 Å². The average molecular weight is 157 g/mol. The summed E-state index contributed by atoms with van der Waals surface area (Å²) >= 11 is 0. The molecule has 0 unspecified atom stereocenters. The van der Waals surface area contributed by atoms with Crippen molar-refractivity contribution in [3.63, 3.8) is 0 Å². The van der Waals surface area contributed by atoms with Crippen molar-refractivity contribution in [1.29, 1.82) is 0 Å². The summed E-state index contributed by atoms with van der Waals surface area (Å²) in [5.74, 6) is -0.850. The average Bonchev–Trinajstić information content (AvgIpc) is 2.72. The SMILES string of the molecule is O=CN(CCC(=O)O)C1CC1. The molecule has 0 radical (unpaired) electrons. The van der Waals surface area contributed by atoms with Crippen LogP contribution in [0.25, 0.3) is 0 Å². The summed E-state index contributed by atoms with van der Waals surface area (Å²) < 4.78 is 0. The highest BCUT2D eigenvalue weighted by atomic mass is 16.4. The fourth-order valence-corrected chi connectivity index (χ4v) is 0.952. The van der Waals surface area contributed by atoms with Gasteiger partial charge in [0.15, 0.2) is 0 Å². The molecule has 1 rings (SSSR count). The Labute approximate surface area is 64.8 Å². The molecule has 0 aliphatic heterocycles. The van der Waals surface area contributed by atoms with Crippen molar-refractivity contribution in [2.75, 3.05) is 6.54 Å². The molecule has 0 aromatic rings. The number of amides is 1. The first-order valence-corrected chi connectivity index (χ1v) is 3.67. The van der Waals surface area contributed by atoms with E-state index in [0.29, 0.717) is 12.6 Å². The second-order valence-electron chi connectivity index (χ2n) is 2.72. The zero-order valence-electron chi connectivity index (χ0n) is 6.19. The molecule has 1 aliphatic carbocycles. The number of carboxylic acid groups (broad SMARTS) is 1. The lowest BCUT2D eigenvalue weighted by Gasteiger charge is -2.13. The van der Waals surface area contributed by atoms with Crippen LogP contribution in [0.1, 0.15) is 19.3 Å². The summed E-state index contributed by atoms with van der Waals surface area (Å²) in [4.78, 5) is 22.0. The van der Waals surface area contributed by atoms with Crippen molar-refractivity contribution >= 4 is 12.4 Å². The first-order chi connectivity index (χ1) is 5.24. The van der Waals surface area contributed by atoms with Gasteiger partial charge in [0.05, 0.1) is 6.42 Å². The largest absolute Gasteiger partial charge is 0.481 e. The molecule has 62 valence electrons. The number of nitrogens with zero attached hydrogens (tertiary/aromatic N) is 1. The lowest BCUT2D eigenvalue weighted by atomic mass is 10.4. The Morgan fingerprint density at radius 2 is 2.27 bits per heavy atom. The van der Waals surface area contributed by atoms with Crippen molar-refractivity contribution in [2.24, 2.45) is 0 Å². The Morgan fingerprint density at radius 3 is 2.64 bits per heavy atom. The Kier molecular flexibility index (Phi) is 2.46. The molecular formula is C7H11NO3. The van der Waals surface area contributed by atoms with Crippen molar-refractivity contribution in [3.05, 3.63) is 0 Å². The van der Waals surface area contributed by atoms with Gasteiger partial charge in [0.1, 0.15) is 0 Å². The van der Waals surface area contributed by atoms with Crippen molar-refractivity contribution < 1.29 is 14.7 Å². The van der Waals surface area contributed by atoms with Crippen LogP contribution in [0.5, 0.6) is 0 Å². The molecule has 0 bridgehead atoms. The molecule has 1 amide bonds. The maximum atomic E-state index is 10.3. The molecule has 1 fully saturated rings. The van der Waals surface area contributed by atoms with Gasteiger partial charge in [0.25, 0.3) is 0 Å². The maximum absolute atomic E-state index is 10.3. The summed E-state index contributed by atoms with van der Waals surface area (Å²) in [5.41, 5.74) is 0. The molecule has 0 spiro atoms. The summed E-state index contributed by atoms with van der Waals surface area (Å²) in [6.45, 7) is 0.351. The molecule has 0 aromatic carbocycles. The predicted octanol–water partition coefficient (Wildman–Crippen LogP) is 0.0819. The van der Waals surface area contributed by atoms with Gasteiger partial charge >= 0.3 is 5.97 Å². The molecule has 11 heavy (non-hydrogen) atoms. The highest BCUT2D eigenvalue weighted by Gasteiger charge is 2.27. The van der Waals surface area contributed by atoms with Gasteiger partial charge < -0.3 is 10.0 Å². The molecule has 4 nitrogen and oxygen atoms in total. The minimum atomic E-state index is -0.850. The Hall–Kier alpha value is -1.06. The summed E-state index contributed by atoms with van der Waals surface area (Å²) in [5, 5.41) is 8.32. The van der Waals surface area contributed by atoms with E-state index in [1.807, 2.05) is 0 Å². The molecule has 1 N–H and O–H groups in total. The van der Waals surface area contributed by atoms with Crippen molar-refractivity contribution in [1.82, 2.24) is 4.90 Å². The number of aliphatic carboxylic acids is 1. The number of rotatable bonds is 5. The molecule has 1 aliphatic rings. The smallest absolute Gasteiger partial charge is 0.305 e. The summed E-state index contributed by atoms with van der Waals surface area (Å²) in [6.07, 6.45) is 2.84. The monoisotopic (exact) mass is 157 g/mol. The highest BCUT2D eigenvalue weighted by molar-refractivity contribution is 5.67. The zero-order chi connectivity index (χ0) is 8.27. The Morgan fingerprint density at radius 1 is 1.64 bits per heavy atom. The van der Waals surface area contributed by atoms with Crippen LogP contribution < -0.4 is 0 Å². The van der Waals surface area contributed by atoms with Crippen LogP contribution >= 0.6 is 0 Å². The van der Waals surface area contributed by atoms with Crippen LogP contribution in [-0.4, -0.2) is 35.0 Å². The van der Waals surface area contributed by atoms with Gasteiger partial charge in [-0.1, -0.05) is 0 Å². The van der Waals surface area contributed by atoms with E-state index < -0.39 is 5.97 Å². The highest BCUT2D eigenvalue weighted by Crippen LogP contribution is 2.25. The Balaban J connectivity index is 2.20. The topological polar surface area (TPSA) is 57.6 Å². The van der Waals surface area contributed by atoms with E-state index in [-0.39, 0.29) is 6.42 Å². The van der Waals surface area contributed by atoms with E-state index in [1.165, 1.54) is 0 Å². The zero-order valence-corrected chi connectivity index (χ0v) is 6.19. The molecule has 4 heteroatoms. The molecule has 1 saturated carbocycles. The minimum Gasteiger partial charge on any atom is -0.481 e. The van der Waals surface area contributed by atoms with E-state index in [4.69, 9.17) is 5.11 Å². The van der Waals surface area contributed by atoms with Crippen molar-refractivity contribution in [2.45, 2.75) is 25.3 Å². The van der Waals surface area contributed by atoms with Crippen LogP contribution in [0.4, 0.5) is 0 Å². The second kappa shape index (κ2) is 3.37. The van der Waals surface area contributed by atoms with E-state index in [0.717, 1.165) is 19.3 Å². The fraction of sp³-hybridized carbons (Fsp3) is 0.714. The summed E-state index contributed by atoms with van der Waals surface area (Å²) in [6, 6.07) is 0.326. The third-order valence-corrected chi connectivity index (χ3v) is 1.74. The molecular weight excluding hydrogens is 146 g/mol. The van der Waals surface area contributed by atoms with Crippen LogP contribution in [0.3, 0.4) is 0 Å². The maximum Gasteiger partial charge on any atom is 0.305 e. The molecule has 0 heterocycles. The molecule has 0 saturated heterocycles. The fourth-order valence-electron chi connectivity index (χ4n) is 0.952. The number of carbonyl (C=O) groups is 2. The lowest BCUT2D eigenvalue weighted by molar-refractivity contribution is -0.137. The number of carbonyl (C=O) groups excluding carboxylic acids is 1. The number of carboxylic acids is 1. The van der Waals surface area contributed by atoms with Gasteiger partial charge in [-0.15, -0.1) is 0 Å². The van der Waals surface area contributed by atoms with Crippen LogP contribution in [-0.2, 0) is 9.59 Å². The third kappa shape index (κ3) is 2.57. The van der Waals surface area contributed by atoms with Crippen molar-refractivity contribution in [3.8, 4) is 0 Å². The van der Waals surface area contributed by atoms with Gasteiger partial charge in [-0.2, -0.15) is 0 Å². The standard InChI is InChI=1S/C7H11NO3/c9-5-8(6-1-2-6)4-3-7(10)11/h5-6H,1-4H2,(H,10,11). The summed E-state index contributed by atoms with van der Waals surface area (Å²) in [7, 11) is 0. The van der Waals surface area contributed by atoms with E-state index in [9.17, 15) is 9.59 Å². The van der Waals surface area contributed by atoms with Crippen LogP contribution in [0.2, 0.25) is 0 Å². The van der Waals surface area contributed by atoms with Gasteiger partial charge in [-0.25, -0.2) is 0 Å². The van der Waals surface area contributed by atoms with E-state index >= 15 is 0 Å². The Bertz CT molecular complexity index is 165. The predicted molar refractivity (Wildman–Crippen MR) is 38.0 cm³/mol. The van der Waals surface area contributed by atoms with E-state index in [1.54, 1.807) is 4.90 Å². The lowest BCUT2D eigenvalue weighted by Crippen LogP contribution is -2.26. The third-order valence-electron chi connectivity index (χ3n) is 1.74. The first kappa shape index (κ1) is 8.04. The van der Waals surface area contributed by atoms with Gasteiger partial charge in [0.2, 0.25) is 6.41 Å². The second-order valence-corrected chi connectivity index (χ2v) is 2.72. The van der Waals surface area contributed by atoms with Gasteiger partial charge in [0, 0.05) is 12.6 Å². The number of hydrogen-bond donors (Lipinski definition) is 1.